The minimum atomic E-state index is -0.208. The van der Waals surface area contributed by atoms with Crippen molar-refractivity contribution in [3.63, 3.8) is 0 Å². The Morgan fingerprint density at radius 3 is 2.00 bits per heavy atom. The average Bonchev–Trinajstić information content (AvgIpc) is 1.88. The molecular formula is C6H8N2O. The van der Waals surface area contributed by atoms with Gasteiger partial charge in [-0.3, -0.25) is 0 Å². The summed E-state index contributed by atoms with van der Waals surface area (Å²) in [6.45, 7) is 0. The van der Waals surface area contributed by atoms with Crippen molar-refractivity contribution in [2.75, 3.05) is 7.11 Å². The van der Waals surface area contributed by atoms with Crippen LogP contribution in [0.1, 0.15) is 12.8 Å². The van der Waals surface area contributed by atoms with Gasteiger partial charge in [0.15, 0.2) is 0 Å². The Bertz CT molecular complexity index is 126. The third-order valence-electron chi connectivity index (χ3n) is 0.971. The number of ether oxygens (including phenoxy) is 1. The van der Waals surface area contributed by atoms with Crippen molar-refractivity contribution in [2.24, 2.45) is 0 Å². The van der Waals surface area contributed by atoms with Crippen LogP contribution >= 0.6 is 0 Å². The van der Waals surface area contributed by atoms with Crippen LogP contribution in [0.25, 0.3) is 0 Å². The minimum absolute atomic E-state index is 0.208. The number of nitriles is 2. The number of hydrogen-bond donors (Lipinski definition) is 0. The third kappa shape index (κ3) is 3.52. The molecule has 9 heavy (non-hydrogen) atoms. The largest absolute Gasteiger partial charge is 0.379 e. The van der Waals surface area contributed by atoms with Crippen molar-refractivity contribution in [3.05, 3.63) is 0 Å². The normalized spacial score (nSPS) is 8.44. The second kappa shape index (κ2) is 5.08. The maximum atomic E-state index is 8.16. The highest BCUT2D eigenvalue weighted by atomic mass is 16.5. The van der Waals surface area contributed by atoms with Crippen molar-refractivity contribution >= 4 is 0 Å². The Kier molecular flexibility index (Phi) is 4.49. The van der Waals surface area contributed by atoms with Gasteiger partial charge in [0.2, 0.25) is 0 Å². The lowest BCUT2D eigenvalue weighted by molar-refractivity contribution is 0.110. The quantitative estimate of drug-likeness (QED) is 0.559. The molecule has 0 heterocycles. The summed E-state index contributed by atoms with van der Waals surface area (Å²) < 4.78 is 4.79. The molecular weight excluding hydrogens is 116 g/mol. The van der Waals surface area contributed by atoms with Gasteiger partial charge in [0.1, 0.15) is 0 Å². The molecule has 0 aliphatic rings. The second-order valence-corrected chi connectivity index (χ2v) is 1.58. The molecule has 0 unspecified atom stereocenters. The van der Waals surface area contributed by atoms with Crippen LogP contribution in [0, 0.1) is 22.7 Å². The molecule has 0 aliphatic heterocycles. The van der Waals surface area contributed by atoms with Gasteiger partial charge in [-0.25, -0.2) is 0 Å². The monoisotopic (exact) mass is 124 g/mol. The molecule has 0 spiro atoms. The molecule has 0 aromatic carbocycles. The molecule has 0 aromatic heterocycles. The van der Waals surface area contributed by atoms with Crippen LogP contribution in [0.4, 0.5) is 0 Å². The van der Waals surface area contributed by atoms with Crippen LogP contribution in [0.3, 0.4) is 0 Å². The summed E-state index contributed by atoms with van der Waals surface area (Å²) in [6.07, 6.45) is 0.383. The molecule has 0 N–H and O–H groups in total. The van der Waals surface area contributed by atoms with E-state index in [0.29, 0.717) is 12.8 Å². The zero-order valence-corrected chi connectivity index (χ0v) is 5.29. The molecule has 0 radical (unpaired) electrons. The molecule has 0 aromatic rings. The third-order valence-corrected chi connectivity index (χ3v) is 0.971. The molecule has 0 atom stereocenters. The number of rotatable bonds is 3. The fraction of sp³-hybridized carbons (Fsp3) is 0.667. The molecule has 0 aliphatic carbocycles. The summed E-state index contributed by atoms with van der Waals surface area (Å²) in [6, 6.07) is 3.85. The Morgan fingerprint density at radius 2 is 1.78 bits per heavy atom. The van der Waals surface area contributed by atoms with Gasteiger partial charge in [0.05, 0.1) is 31.1 Å². The highest BCUT2D eigenvalue weighted by Crippen LogP contribution is 1.98. The van der Waals surface area contributed by atoms with E-state index in [9.17, 15) is 0 Å². The molecule has 3 nitrogen and oxygen atoms in total. The van der Waals surface area contributed by atoms with E-state index < -0.39 is 0 Å². The summed E-state index contributed by atoms with van der Waals surface area (Å²) in [7, 11) is 1.50. The zero-order chi connectivity index (χ0) is 7.11. The Morgan fingerprint density at radius 1 is 1.33 bits per heavy atom. The molecule has 0 amide bonds. The van der Waals surface area contributed by atoms with Crippen LogP contribution in [0.2, 0.25) is 0 Å². The summed E-state index contributed by atoms with van der Waals surface area (Å²) >= 11 is 0. The SMILES string of the molecule is COC(CC#N)CC#N. The van der Waals surface area contributed by atoms with Crippen LogP contribution in [-0.2, 0) is 4.74 Å². The van der Waals surface area contributed by atoms with Gasteiger partial charge in [-0.2, -0.15) is 10.5 Å². The van der Waals surface area contributed by atoms with Gasteiger partial charge < -0.3 is 4.74 Å². The predicted octanol–water partition coefficient (Wildman–Crippen LogP) is 0.829. The Balaban J connectivity index is 3.47. The van der Waals surface area contributed by atoms with Gasteiger partial charge in [0, 0.05) is 7.11 Å². The highest BCUT2D eigenvalue weighted by molar-refractivity contribution is 4.83. The van der Waals surface area contributed by atoms with E-state index in [-0.39, 0.29) is 6.10 Å². The van der Waals surface area contributed by atoms with Gasteiger partial charge in [0.25, 0.3) is 0 Å². The molecule has 0 saturated carbocycles. The van der Waals surface area contributed by atoms with E-state index in [2.05, 4.69) is 0 Å². The number of methoxy groups -OCH3 is 1. The lowest BCUT2D eigenvalue weighted by Crippen LogP contribution is -2.07. The Labute approximate surface area is 54.5 Å². The fourth-order valence-electron chi connectivity index (χ4n) is 0.442. The van der Waals surface area contributed by atoms with Crippen molar-refractivity contribution in [2.45, 2.75) is 18.9 Å². The van der Waals surface area contributed by atoms with E-state index in [0.717, 1.165) is 0 Å². The number of nitrogens with zero attached hydrogens (tertiary/aromatic N) is 2. The van der Waals surface area contributed by atoms with Crippen molar-refractivity contribution in [1.29, 1.82) is 10.5 Å². The van der Waals surface area contributed by atoms with Gasteiger partial charge in [-0.15, -0.1) is 0 Å². The first-order chi connectivity index (χ1) is 4.35. The van der Waals surface area contributed by atoms with Crippen LogP contribution in [-0.4, -0.2) is 13.2 Å². The summed E-state index contributed by atoms with van der Waals surface area (Å²) in [5.41, 5.74) is 0. The van der Waals surface area contributed by atoms with Gasteiger partial charge in [-0.05, 0) is 0 Å². The van der Waals surface area contributed by atoms with Crippen molar-refractivity contribution in [3.8, 4) is 12.1 Å². The minimum Gasteiger partial charge on any atom is -0.379 e. The molecule has 3 heteroatoms. The van der Waals surface area contributed by atoms with Crippen LogP contribution in [0.5, 0.6) is 0 Å². The summed E-state index contributed by atoms with van der Waals surface area (Å²) in [4.78, 5) is 0. The molecule has 0 fully saturated rings. The highest BCUT2D eigenvalue weighted by Gasteiger charge is 2.03. The van der Waals surface area contributed by atoms with Crippen molar-refractivity contribution < 1.29 is 4.74 Å². The van der Waals surface area contributed by atoms with Gasteiger partial charge >= 0.3 is 0 Å². The molecule has 48 valence electrons. The maximum absolute atomic E-state index is 8.16. The van der Waals surface area contributed by atoms with E-state index in [1.165, 1.54) is 7.11 Å². The van der Waals surface area contributed by atoms with E-state index in [1.807, 2.05) is 12.1 Å². The average molecular weight is 124 g/mol. The second-order valence-electron chi connectivity index (χ2n) is 1.58. The van der Waals surface area contributed by atoms with E-state index in [1.54, 1.807) is 0 Å². The first kappa shape index (κ1) is 7.94. The van der Waals surface area contributed by atoms with Gasteiger partial charge in [-0.1, -0.05) is 0 Å². The first-order valence-corrected chi connectivity index (χ1v) is 2.61. The molecule has 0 bridgehead atoms. The van der Waals surface area contributed by atoms with Crippen LogP contribution < -0.4 is 0 Å². The standard InChI is InChI=1S/C6H8N2O/c1-9-6(2-4-7)3-5-8/h6H,2-3H2,1H3. The van der Waals surface area contributed by atoms with E-state index in [4.69, 9.17) is 15.3 Å². The zero-order valence-electron chi connectivity index (χ0n) is 5.29. The lowest BCUT2D eigenvalue weighted by atomic mass is 10.2. The Hall–Kier alpha value is -1.06. The molecule has 0 saturated heterocycles. The lowest BCUT2D eigenvalue weighted by Gasteiger charge is -2.04. The van der Waals surface area contributed by atoms with Crippen molar-refractivity contribution in [1.82, 2.24) is 0 Å². The smallest absolute Gasteiger partial charge is 0.0830 e. The predicted molar refractivity (Wildman–Crippen MR) is 31.3 cm³/mol. The summed E-state index contributed by atoms with van der Waals surface area (Å²) in [5.74, 6) is 0. The molecule has 0 rings (SSSR count). The van der Waals surface area contributed by atoms with E-state index >= 15 is 0 Å². The topological polar surface area (TPSA) is 56.8 Å². The number of hydrogen-bond acceptors (Lipinski definition) is 3. The van der Waals surface area contributed by atoms with Crippen LogP contribution in [0.15, 0.2) is 0 Å². The maximum Gasteiger partial charge on any atom is 0.0830 e. The summed E-state index contributed by atoms with van der Waals surface area (Å²) in [5, 5.41) is 16.3. The first-order valence-electron chi connectivity index (χ1n) is 2.61. The fourth-order valence-corrected chi connectivity index (χ4v) is 0.442.